The SMILES string of the molecule is CCCOOCc1nc2cc(C)cnc2n1CCO[P+](=COC)OCCC#N. The zero-order valence-electron chi connectivity index (χ0n) is 16.5. The minimum atomic E-state index is -1.34. The predicted molar refractivity (Wildman–Crippen MR) is 105 cm³/mol. The first kappa shape index (κ1) is 22.4. The Bertz CT molecular complexity index is 818. The molecular weight excluding hydrogens is 383 g/mol. The molecule has 0 saturated heterocycles. The molecule has 1 unspecified atom stereocenters. The van der Waals surface area contributed by atoms with Crippen molar-refractivity contribution in [2.75, 3.05) is 26.9 Å². The summed E-state index contributed by atoms with van der Waals surface area (Å²) in [4.78, 5) is 19.5. The van der Waals surface area contributed by atoms with Gasteiger partial charge in [0.1, 0.15) is 31.2 Å². The van der Waals surface area contributed by atoms with Crippen LogP contribution in [0.2, 0.25) is 0 Å². The van der Waals surface area contributed by atoms with Gasteiger partial charge in [0.25, 0.3) is 5.98 Å². The molecule has 2 rings (SSSR count). The highest BCUT2D eigenvalue weighted by Crippen LogP contribution is 2.26. The van der Waals surface area contributed by atoms with Gasteiger partial charge in [0.05, 0.1) is 25.6 Å². The molecule has 0 radical (unpaired) electrons. The van der Waals surface area contributed by atoms with E-state index in [-0.39, 0.29) is 6.61 Å². The zero-order valence-corrected chi connectivity index (χ0v) is 17.4. The summed E-state index contributed by atoms with van der Waals surface area (Å²) in [7, 11) is 0.199. The molecule has 1 atom stereocenters. The second-order valence-corrected chi connectivity index (χ2v) is 7.12. The van der Waals surface area contributed by atoms with E-state index in [1.807, 2.05) is 30.6 Å². The Morgan fingerprint density at radius 2 is 2.07 bits per heavy atom. The van der Waals surface area contributed by atoms with Gasteiger partial charge in [0.15, 0.2) is 5.65 Å². The molecule has 10 heteroatoms. The van der Waals surface area contributed by atoms with Crippen LogP contribution < -0.4 is 0 Å². The van der Waals surface area contributed by atoms with E-state index >= 15 is 0 Å². The third-order valence-electron chi connectivity index (χ3n) is 3.52. The van der Waals surface area contributed by atoms with E-state index < -0.39 is 8.00 Å². The number of hydrogen-bond acceptors (Lipinski definition) is 8. The van der Waals surface area contributed by atoms with Gasteiger partial charge in [0, 0.05) is 13.3 Å². The van der Waals surface area contributed by atoms with Crippen LogP contribution in [0.15, 0.2) is 12.3 Å². The van der Waals surface area contributed by atoms with Gasteiger partial charge in [-0.25, -0.2) is 19.7 Å². The Hall–Kier alpha value is -1.92. The number of methoxy groups -OCH3 is 1. The van der Waals surface area contributed by atoms with Crippen LogP contribution in [-0.4, -0.2) is 47.4 Å². The van der Waals surface area contributed by atoms with Crippen LogP contribution >= 0.6 is 8.00 Å². The van der Waals surface area contributed by atoms with Gasteiger partial charge in [0.2, 0.25) is 0 Å². The first-order chi connectivity index (χ1) is 13.7. The zero-order chi connectivity index (χ0) is 20.2. The van der Waals surface area contributed by atoms with Crippen LogP contribution in [0.5, 0.6) is 0 Å². The molecule has 0 aliphatic heterocycles. The summed E-state index contributed by atoms with van der Waals surface area (Å²) in [5.74, 6) is 2.21. The van der Waals surface area contributed by atoms with Crippen molar-refractivity contribution in [3.8, 4) is 6.07 Å². The third-order valence-corrected chi connectivity index (χ3v) is 4.77. The van der Waals surface area contributed by atoms with Gasteiger partial charge in [-0.2, -0.15) is 5.26 Å². The van der Waals surface area contributed by atoms with Crippen LogP contribution in [0, 0.1) is 18.3 Å². The Morgan fingerprint density at radius 1 is 1.25 bits per heavy atom. The highest BCUT2D eigenvalue weighted by atomic mass is 31.1. The fourth-order valence-corrected chi connectivity index (χ4v) is 3.23. The average molecular weight is 409 g/mol. The molecule has 2 aromatic heterocycles. The highest BCUT2D eigenvalue weighted by molar-refractivity contribution is 7.46. The van der Waals surface area contributed by atoms with Gasteiger partial charge >= 0.3 is 8.00 Å². The number of imidazole rings is 1. The lowest BCUT2D eigenvalue weighted by Crippen LogP contribution is -2.10. The summed E-state index contributed by atoms with van der Waals surface area (Å²) in [6, 6.07) is 4.01. The van der Waals surface area contributed by atoms with E-state index in [4.69, 9.17) is 28.8 Å². The van der Waals surface area contributed by atoms with Crippen molar-refractivity contribution in [3.63, 3.8) is 0 Å². The molecule has 0 N–H and O–H groups in total. The number of ether oxygens (including phenoxy) is 1. The van der Waals surface area contributed by atoms with Gasteiger partial charge in [-0.15, -0.1) is 9.05 Å². The van der Waals surface area contributed by atoms with Crippen LogP contribution in [0.1, 0.15) is 31.2 Å². The molecule has 152 valence electrons. The number of rotatable bonds is 13. The van der Waals surface area contributed by atoms with Crippen LogP contribution in [0.25, 0.3) is 11.2 Å². The Balaban J connectivity index is 2.06. The lowest BCUT2D eigenvalue weighted by molar-refractivity contribution is -0.305. The monoisotopic (exact) mass is 409 g/mol. The summed E-state index contributed by atoms with van der Waals surface area (Å²) < 4.78 is 18.3. The summed E-state index contributed by atoms with van der Waals surface area (Å²) in [5.41, 5.74) is 2.59. The molecular formula is C18H26N4O5P+. The van der Waals surface area contributed by atoms with E-state index in [1.165, 1.54) is 13.1 Å². The Kier molecular flexibility index (Phi) is 10.0. The molecule has 9 nitrogen and oxygen atoms in total. The molecule has 2 aromatic rings. The van der Waals surface area contributed by atoms with Crippen molar-refractivity contribution in [2.24, 2.45) is 0 Å². The van der Waals surface area contributed by atoms with E-state index in [0.717, 1.165) is 23.1 Å². The maximum atomic E-state index is 8.62. The van der Waals surface area contributed by atoms with E-state index in [2.05, 4.69) is 9.97 Å². The smallest absolute Gasteiger partial charge is 0.316 e. The van der Waals surface area contributed by atoms with Crippen molar-refractivity contribution in [3.05, 3.63) is 23.7 Å². The lowest BCUT2D eigenvalue weighted by Gasteiger charge is -2.07. The lowest BCUT2D eigenvalue weighted by atomic mass is 10.3. The molecule has 0 bridgehead atoms. The summed E-state index contributed by atoms with van der Waals surface area (Å²) in [5, 5.41) is 8.62. The third kappa shape index (κ3) is 6.91. The van der Waals surface area contributed by atoms with E-state index in [1.54, 1.807) is 6.20 Å². The van der Waals surface area contributed by atoms with Crippen molar-refractivity contribution in [2.45, 2.75) is 39.8 Å². The topological polar surface area (TPSA) is 101 Å². The standard InChI is InChI=1S/C18H26N4O5P/c1-4-8-24-25-13-17-21-16-11-15(2)12-20-18(16)22(17)7-10-27-28(14-23-3)26-9-5-6-19/h11-12,14H,4-5,7-10,13H2,1-3H3/q+1. The number of pyridine rings is 1. The van der Waals surface area contributed by atoms with Crippen molar-refractivity contribution < 1.29 is 23.6 Å². The highest BCUT2D eigenvalue weighted by Gasteiger charge is 2.17. The fourth-order valence-electron chi connectivity index (χ4n) is 2.33. The van der Waals surface area contributed by atoms with Crippen molar-refractivity contribution in [1.82, 2.24) is 14.5 Å². The minimum Gasteiger partial charge on any atom is -0.316 e. The quantitative estimate of drug-likeness (QED) is 0.215. The number of nitriles is 1. The minimum absolute atomic E-state index is 0.215. The van der Waals surface area contributed by atoms with E-state index in [0.29, 0.717) is 38.6 Å². The van der Waals surface area contributed by atoms with Crippen LogP contribution in [-0.2, 0) is 36.7 Å². The normalized spacial score (nSPS) is 11.9. The van der Waals surface area contributed by atoms with Crippen LogP contribution in [0.4, 0.5) is 0 Å². The van der Waals surface area contributed by atoms with Crippen LogP contribution in [0.3, 0.4) is 0 Å². The molecule has 0 saturated carbocycles. The fraction of sp³-hybridized carbons (Fsp3) is 0.556. The van der Waals surface area contributed by atoms with E-state index in [9.17, 15) is 0 Å². The molecule has 2 heterocycles. The van der Waals surface area contributed by atoms with Gasteiger partial charge in [-0.3, -0.25) is 0 Å². The maximum absolute atomic E-state index is 8.62. The Morgan fingerprint density at radius 3 is 2.82 bits per heavy atom. The summed E-state index contributed by atoms with van der Waals surface area (Å²) in [6.07, 6.45) is 2.97. The number of hydrogen-bond donors (Lipinski definition) is 0. The van der Waals surface area contributed by atoms with Gasteiger partial charge in [-0.1, -0.05) is 6.92 Å². The second kappa shape index (κ2) is 12.5. The largest absolute Gasteiger partial charge is 0.457 e. The molecule has 0 spiro atoms. The number of fused-ring (bicyclic) bond motifs is 1. The number of aromatic nitrogens is 3. The van der Waals surface area contributed by atoms with Gasteiger partial charge < -0.3 is 9.30 Å². The first-order valence-electron chi connectivity index (χ1n) is 9.03. The number of nitrogens with zero attached hydrogens (tertiary/aromatic N) is 4. The number of aryl methyl sites for hydroxylation is 1. The predicted octanol–water partition coefficient (Wildman–Crippen LogP) is 3.26. The van der Waals surface area contributed by atoms with Crippen molar-refractivity contribution in [1.29, 1.82) is 5.26 Å². The summed E-state index contributed by atoms with van der Waals surface area (Å²) >= 11 is 0. The molecule has 0 aliphatic carbocycles. The molecule has 0 fully saturated rings. The summed E-state index contributed by atoms with van der Waals surface area (Å²) in [6.45, 7) is 5.90. The van der Waals surface area contributed by atoms with Gasteiger partial charge in [-0.05, 0) is 25.0 Å². The molecule has 28 heavy (non-hydrogen) atoms. The first-order valence-corrected chi connectivity index (χ1v) is 10.3. The van der Waals surface area contributed by atoms with Crippen molar-refractivity contribution >= 4 is 25.1 Å². The molecule has 0 aromatic carbocycles. The maximum Gasteiger partial charge on any atom is 0.457 e. The second-order valence-electron chi connectivity index (χ2n) is 5.82. The Labute approximate surface area is 165 Å². The average Bonchev–Trinajstić information content (AvgIpc) is 3.02. The molecule has 0 amide bonds. The molecule has 0 aliphatic rings.